The van der Waals surface area contributed by atoms with Crippen molar-refractivity contribution in [3.05, 3.63) is 23.2 Å². The van der Waals surface area contributed by atoms with Gasteiger partial charge in [0.1, 0.15) is 0 Å². The molecule has 2 amide bonds. The maximum absolute atomic E-state index is 11.5. The van der Waals surface area contributed by atoms with Crippen LogP contribution in [-0.4, -0.2) is 11.8 Å². The second-order valence-corrected chi connectivity index (χ2v) is 4.70. The molecule has 0 aliphatic rings. The molecule has 1 aromatic rings. The minimum Gasteiger partial charge on any atom is -0.326 e. The number of hydrogen-bond donors (Lipinski definition) is 2. The van der Waals surface area contributed by atoms with E-state index in [4.69, 9.17) is 11.6 Å². The molecule has 0 spiro atoms. The van der Waals surface area contributed by atoms with E-state index in [0.717, 1.165) is 12.8 Å². The Morgan fingerprint density at radius 3 is 2.16 bits per heavy atom. The van der Waals surface area contributed by atoms with Crippen LogP contribution < -0.4 is 10.6 Å². The quantitative estimate of drug-likeness (QED) is 0.833. The zero-order chi connectivity index (χ0) is 14.3. The second-order valence-electron chi connectivity index (χ2n) is 4.29. The van der Waals surface area contributed by atoms with Gasteiger partial charge in [-0.2, -0.15) is 0 Å². The average Bonchev–Trinajstić information content (AvgIpc) is 2.33. The van der Waals surface area contributed by atoms with E-state index in [2.05, 4.69) is 10.6 Å². The van der Waals surface area contributed by atoms with Gasteiger partial charge < -0.3 is 10.6 Å². The van der Waals surface area contributed by atoms with E-state index in [1.165, 1.54) is 0 Å². The number of amides is 2. The molecule has 0 heterocycles. The van der Waals surface area contributed by atoms with Crippen LogP contribution >= 0.6 is 11.6 Å². The normalized spacial score (nSPS) is 10.1. The summed E-state index contributed by atoms with van der Waals surface area (Å²) in [7, 11) is 0. The standard InChI is InChI=1S/C14H19ClN2O2/c1-3-5-13(18)16-10-7-8-12(11(15)9-10)17-14(19)6-4-2/h7-9H,3-6H2,1-2H3,(H,16,18)(H,17,19). The van der Waals surface area contributed by atoms with Gasteiger partial charge in [-0.05, 0) is 31.0 Å². The third kappa shape index (κ3) is 5.30. The van der Waals surface area contributed by atoms with E-state index < -0.39 is 0 Å². The van der Waals surface area contributed by atoms with Crippen molar-refractivity contribution in [2.24, 2.45) is 0 Å². The van der Waals surface area contributed by atoms with Gasteiger partial charge in [0.2, 0.25) is 11.8 Å². The van der Waals surface area contributed by atoms with Crippen LogP contribution in [0.2, 0.25) is 5.02 Å². The van der Waals surface area contributed by atoms with E-state index in [1.807, 2.05) is 13.8 Å². The van der Waals surface area contributed by atoms with Crippen LogP contribution in [-0.2, 0) is 9.59 Å². The van der Waals surface area contributed by atoms with E-state index in [-0.39, 0.29) is 11.8 Å². The molecule has 0 atom stereocenters. The molecule has 0 fully saturated rings. The molecule has 1 aromatic carbocycles. The zero-order valence-corrected chi connectivity index (χ0v) is 12.0. The fourth-order valence-electron chi connectivity index (χ4n) is 1.58. The van der Waals surface area contributed by atoms with Crippen LogP contribution in [0.1, 0.15) is 39.5 Å². The average molecular weight is 283 g/mol. The van der Waals surface area contributed by atoms with Crippen LogP contribution in [0.25, 0.3) is 0 Å². The van der Waals surface area contributed by atoms with Crippen molar-refractivity contribution in [3.8, 4) is 0 Å². The molecule has 0 aromatic heterocycles. The lowest BCUT2D eigenvalue weighted by molar-refractivity contribution is -0.117. The van der Waals surface area contributed by atoms with Gasteiger partial charge in [0.15, 0.2) is 0 Å². The van der Waals surface area contributed by atoms with Crippen molar-refractivity contribution in [2.75, 3.05) is 10.6 Å². The fourth-order valence-corrected chi connectivity index (χ4v) is 1.81. The number of carbonyl (C=O) groups is 2. The van der Waals surface area contributed by atoms with Crippen molar-refractivity contribution in [1.29, 1.82) is 0 Å². The van der Waals surface area contributed by atoms with Gasteiger partial charge in [-0.15, -0.1) is 0 Å². The first-order chi connectivity index (χ1) is 9.06. The summed E-state index contributed by atoms with van der Waals surface area (Å²) in [6.45, 7) is 3.88. The number of carbonyl (C=O) groups excluding carboxylic acids is 2. The molecule has 5 heteroatoms. The summed E-state index contributed by atoms with van der Waals surface area (Å²) < 4.78 is 0. The third-order valence-corrected chi connectivity index (χ3v) is 2.79. The number of nitrogens with one attached hydrogen (secondary N) is 2. The van der Waals surface area contributed by atoms with E-state index >= 15 is 0 Å². The molecule has 0 aliphatic heterocycles. The molecule has 2 N–H and O–H groups in total. The Morgan fingerprint density at radius 1 is 1.05 bits per heavy atom. The highest BCUT2D eigenvalue weighted by molar-refractivity contribution is 6.34. The minimum absolute atomic E-state index is 0.0404. The molecule has 19 heavy (non-hydrogen) atoms. The Bertz CT molecular complexity index is 461. The molecule has 4 nitrogen and oxygen atoms in total. The predicted octanol–water partition coefficient (Wildman–Crippen LogP) is 3.82. The first-order valence-corrected chi connectivity index (χ1v) is 6.83. The van der Waals surface area contributed by atoms with Gasteiger partial charge in [-0.25, -0.2) is 0 Å². The Labute approximate surface area is 118 Å². The molecule has 0 aliphatic carbocycles. The first-order valence-electron chi connectivity index (χ1n) is 6.46. The molecule has 0 saturated heterocycles. The molecule has 0 radical (unpaired) electrons. The smallest absolute Gasteiger partial charge is 0.224 e. The highest BCUT2D eigenvalue weighted by Crippen LogP contribution is 2.25. The van der Waals surface area contributed by atoms with Crippen LogP contribution in [0, 0.1) is 0 Å². The molecule has 0 bridgehead atoms. The van der Waals surface area contributed by atoms with E-state index in [9.17, 15) is 9.59 Å². The third-order valence-electron chi connectivity index (χ3n) is 2.48. The van der Waals surface area contributed by atoms with Gasteiger partial charge in [-0.1, -0.05) is 25.4 Å². The molecule has 0 saturated carbocycles. The van der Waals surface area contributed by atoms with Crippen molar-refractivity contribution in [2.45, 2.75) is 39.5 Å². The van der Waals surface area contributed by atoms with Crippen LogP contribution in [0.4, 0.5) is 11.4 Å². The lowest BCUT2D eigenvalue weighted by Gasteiger charge is -2.09. The highest BCUT2D eigenvalue weighted by Gasteiger charge is 2.07. The summed E-state index contributed by atoms with van der Waals surface area (Å²) in [4.78, 5) is 22.9. The molecule has 0 unspecified atom stereocenters. The summed E-state index contributed by atoms with van der Waals surface area (Å²) in [5.41, 5.74) is 1.20. The second kappa shape index (κ2) is 7.79. The minimum atomic E-state index is -0.0628. The molecule has 104 valence electrons. The fraction of sp³-hybridized carbons (Fsp3) is 0.429. The summed E-state index contributed by atoms with van der Waals surface area (Å²) in [6, 6.07) is 5.05. The van der Waals surface area contributed by atoms with Gasteiger partial charge in [0.25, 0.3) is 0 Å². The Hall–Kier alpha value is -1.55. The molecule has 1 rings (SSSR count). The maximum atomic E-state index is 11.5. The summed E-state index contributed by atoms with van der Waals surface area (Å²) in [5, 5.41) is 5.90. The van der Waals surface area contributed by atoms with Gasteiger partial charge in [0.05, 0.1) is 10.7 Å². The van der Waals surface area contributed by atoms with Crippen molar-refractivity contribution < 1.29 is 9.59 Å². The van der Waals surface area contributed by atoms with Crippen LogP contribution in [0.3, 0.4) is 0 Å². The van der Waals surface area contributed by atoms with Crippen molar-refractivity contribution in [1.82, 2.24) is 0 Å². The van der Waals surface area contributed by atoms with Crippen LogP contribution in [0.5, 0.6) is 0 Å². The summed E-state index contributed by atoms with van der Waals surface area (Å²) in [5.74, 6) is -0.103. The van der Waals surface area contributed by atoms with E-state index in [1.54, 1.807) is 18.2 Å². The summed E-state index contributed by atoms with van der Waals surface area (Å²) >= 11 is 6.07. The Morgan fingerprint density at radius 2 is 1.63 bits per heavy atom. The topological polar surface area (TPSA) is 58.2 Å². The number of halogens is 1. The predicted molar refractivity (Wildman–Crippen MR) is 78.5 cm³/mol. The van der Waals surface area contributed by atoms with Crippen molar-refractivity contribution >= 4 is 34.8 Å². The van der Waals surface area contributed by atoms with Crippen molar-refractivity contribution in [3.63, 3.8) is 0 Å². The SMILES string of the molecule is CCCC(=O)Nc1ccc(NC(=O)CCC)c(Cl)c1. The monoisotopic (exact) mass is 282 g/mol. The highest BCUT2D eigenvalue weighted by atomic mass is 35.5. The maximum Gasteiger partial charge on any atom is 0.224 e. The van der Waals surface area contributed by atoms with Gasteiger partial charge in [-0.3, -0.25) is 9.59 Å². The number of hydrogen-bond acceptors (Lipinski definition) is 2. The summed E-state index contributed by atoms with van der Waals surface area (Å²) in [6.07, 6.45) is 2.53. The Balaban J connectivity index is 2.69. The van der Waals surface area contributed by atoms with Gasteiger partial charge >= 0.3 is 0 Å². The number of anilines is 2. The Kier molecular flexibility index (Phi) is 6.36. The van der Waals surface area contributed by atoms with Gasteiger partial charge in [0, 0.05) is 18.5 Å². The first kappa shape index (κ1) is 15.5. The lowest BCUT2D eigenvalue weighted by atomic mass is 10.2. The van der Waals surface area contributed by atoms with E-state index in [0.29, 0.717) is 29.2 Å². The molecular weight excluding hydrogens is 264 g/mol. The largest absolute Gasteiger partial charge is 0.326 e. The molecular formula is C14H19ClN2O2. The van der Waals surface area contributed by atoms with Crippen LogP contribution in [0.15, 0.2) is 18.2 Å². The zero-order valence-electron chi connectivity index (χ0n) is 11.3. The number of benzene rings is 1. The lowest BCUT2D eigenvalue weighted by Crippen LogP contribution is -2.12. The number of rotatable bonds is 6.